The molecule has 24 heavy (non-hydrogen) atoms. The lowest BCUT2D eigenvalue weighted by atomic mass is 10.2. The van der Waals surface area contributed by atoms with Gasteiger partial charge in [-0.1, -0.05) is 0 Å². The second kappa shape index (κ2) is 9.32. The van der Waals surface area contributed by atoms with E-state index in [1.165, 1.54) is 12.8 Å². The number of rotatable bonds is 7. The predicted octanol–water partition coefficient (Wildman–Crippen LogP) is 1.06. The van der Waals surface area contributed by atoms with Crippen molar-refractivity contribution in [1.29, 1.82) is 0 Å². The van der Waals surface area contributed by atoms with Crippen molar-refractivity contribution in [3.63, 3.8) is 0 Å². The van der Waals surface area contributed by atoms with Gasteiger partial charge in [0.2, 0.25) is 5.91 Å². The Balaban J connectivity index is 1.84. The van der Waals surface area contributed by atoms with Gasteiger partial charge >= 0.3 is 0 Å². The maximum Gasteiger partial charge on any atom is 0.223 e. The van der Waals surface area contributed by atoms with Gasteiger partial charge in [0.05, 0.1) is 12.3 Å². The van der Waals surface area contributed by atoms with Crippen LogP contribution in [0.5, 0.6) is 0 Å². The first-order chi connectivity index (χ1) is 11.6. The molecule has 0 radical (unpaired) electrons. The zero-order chi connectivity index (χ0) is 17.4. The van der Waals surface area contributed by atoms with E-state index in [1.54, 1.807) is 32.3 Å². The first-order valence-electron chi connectivity index (χ1n) is 8.54. The highest BCUT2D eigenvalue weighted by molar-refractivity contribution is 5.81. The fraction of sp³-hybridized carbons (Fsp3) is 0.647. The van der Waals surface area contributed by atoms with Crippen molar-refractivity contribution >= 4 is 11.9 Å². The SMILES string of the molecule is CN=C(NCCC(=O)N(C)C)NCC(c1ccco1)N1CCCC1. The molecule has 0 spiro atoms. The Hall–Kier alpha value is -2.02. The Morgan fingerprint density at radius 3 is 2.71 bits per heavy atom. The van der Waals surface area contributed by atoms with Gasteiger partial charge in [-0.25, -0.2) is 0 Å². The molecule has 0 bridgehead atoms. The van der Waals surface area contributed by atoms with Gasteiger partial charge in [0.1, 0.15) is 5.76 Å². The lowest BCUT2D eigenvalue weighted by Crippen LogP contribution is -2.43. The van der Waals surface area contributed by atoms with Crippen LogP contribution in [0.15, 0.2) is 27.8 Å². The number of hydrogen-bond acceptors (Lipinski definition) is 4. The molecule has 1 fully saturated rings. The van der Waals surface area contributed by atoms with Gasteiger partial charge in [0.25, 0.3) is 0 Å². The van der Waals surface area contributed by atoms with Crippen LogP contribution in [0.1, 0.15) is 31.1 Å². The maximum atomic E-state index is 11.6. The smallest absolute Gasteiger partial charge is 0.223 e. The van der Waals surface area contributed by atoms with Crippen molar-refractivity contribution in [3.8, 4) is 0 Å². The van der Waals surface area contributed by atoms with Crippen LogP contribution in [0.4, 0.5) is 0 Å². The van der Waals surface area contributed by atoms with E-state index in [2.05, 4.69) is 20.5 Å². The predicted molar refractivity (Wildman–Crippen MR) is 94.9 cm³/mol. The van der Waals surface area contributed by atoms with Crippen LogP contribution < -0.4 is 10.6 Å². The number of guanidine groups is 1. The van der Waals surface area contributed by atoms with Crippen LogP contribution in [-0.2, 0) is 4.79 Å². The topological polar surface area (TPSA) is 73.1 Å². The van der Waals surface area contributed by atoms with E-state index < -0.39 is 0 Å². The Morgan fingerprint density at radius 1 is 1.38 bits per heavy atom. The van der Waals surface area contributed by atoms with Crippen LogP contribution in [0.3, 0.4) is 0 Å². The number of furan rings is 1. The van der Waals surface area contributed by atoms with E-state index in [9.17, 15) is 4.79 Å². The summed E-state index contributed by atoms with van der Waals surface area (Å²) < 4.78 is 5.62. The van der Waals surface area contributed by atoms with E-state index in [0.29, 0.717) is 18.9 Å². The molecule has 1 saturated heterocycles. The Bertz CT molecular complexity index is 521. The third-order valence-electron chi connectivity index (χ3n) is 4.27. The first kappa shape index (κ1) is 18.3. The van der Waals surface area contributed by atoms with Crippen LogP contribution in [0, 0.1) is 0 Å². The van der Waals surface area contributed by atoms with Crippen molar-refractivity contribution < 1.29 is 9.21 Å². The van der Waals surface area contributed by atoms with Gasteiger partial charge in [0, 0.05) is 40.7 Å². The summed E-state index contributed by atoms with van der Waals surface area (Å²) in [7, 11) is 5.26. The highest BCUT2D eigenvalue weighted by Gasteiger charge is 2.25. The molecule has 7 heteroatoms. The minimum Gasteiger partial charge on any atom is -0.468 e. The molecule has 1 aliphatic rings. The molecule has 2 N–H and O–H groups in total. The Morgan fingerprint density at radius 2 is 2.12 bits per heavy atom. The summed E-state index contributed by atoms with van der Waals surface area (Å²) in [6.45, 7) is 3.47. The van der Waals surface area contributed by atoms with E-state index in [4.69, 9.17) is 4.42 Å². The average molecular weight is 335 g/mol. The molecule has 1 amide bonds. The van der Waals surface area contributed by atoms with Crippen molar-refractivity contribution in [3.05, 3.63) is 24.2 Å². The molecular formula is C17H29N5O2. The third kappa shape index (κ3) is 5.26. The van der Waals surface area contributed by atoms with E-state index in [0.717, 1.165) is 25.4 Å². The number of carbonyl (C=O) groups excluding carboxylic acids is 1. The number of amides is 1. The summed E-state index contributed by atoms with van der Waals surface area (Å²) in [5.74, 6) is 1.78. The molecule has 2 rings (SSSR count). The molecule has 7 nitrogen and oxygen atoms in total. The minimum absolute atomic E-state index is 0.100. The molecule has 0 aromatic carbocycles. The zero-order valence-corrected chi connectivity index (χ0v) is 14.9. The second-order valence-electron chi connectivity index (χ2n) is 6.19. The number of aliphatic imine (C=N–C) groups is 1. The standard InChI is InChI=1S/C17H29N5O2/c1-18-17(19-9-8-16(23)21(2)3)20-13-14(15-7-6-12-24-15)22-10-4-5-11-22/h6-7,12,14H,4-5,8-11,13H2,1-3H3,(H2,18,19,20). The molecule has 2 heterocycles. The number of hydrogen-bond donors (Lipinski definition) is 2. The van der Waals surface area contributed by atoms with Crippen molar-refractivity contribution in [2.75, 3.05) is 47.3 Å². The molecule has 1 aromatic rings. The van der Waals surface area contributed by atoms with Gasteiger partial charge in [-0.3, -0.25) is 14.7 Å². The molecule has 1 atom stereocenters. The normalized spacial score (nSPS) is 16.9. The van der Waals surface area contributed by atoms with Gasteiger partial charge < -0.3 is 20.0 Å². The quantitative estimate of drug-likeness (QED) is 0.576. The molecular weight excluding hydrogens is 306 g/mol. The first-order valence-corrected chi connectivity index (χ1v) is 8.54. The van der Waals surface area contributed by atoms with Crippen molar-refractivity contribution in [2.45, 2.75) is 25.3 Å². The molecule has 0 aliphatic carbocycles. The Labute approximate surface area is 144 Å². The van der Waals surface area contributed by atoms with Gasteiger partial charge in [-0.05, 0) is 38.1 Å². The van der Waals surface area contributed by atoms with E-state index in [1.807, 2.05) is 12.1 Å². The van der Waals surface area contributed by atoms with Crippen LogP contribution in [0.2, 0.25) is 0 Å². The number of carbonyl (C=O) groups is 1. The second-order valence-corrected chi connectivity index (χ2v) is 6.19. The monoisotopic (exact) mass is 335 g/mol. The van der Waals surface area contributed by atoms with Gasteiger partial charge in [-0.15, -0.1) is 0 Å². The average Bonchev–Trinajstić information content (AvgIpc) is 3.27. The molecule has 1 aromatic heterocycles. The minimum atomic E-state index is 0.100. The van der Waals surface area contributed by atoms with Gasteiger partial charge in [-0.2, -0.15) is 0 Å². The zero-order valence-electron chi connectivity index (χ0n) is 14.9. The van der Waals surface area contributed by atoms with Crippen LogP contribution in [-0.4, -0.2) is 69.0 Å². The third-order valence-corrected chi connectivity index (χ3v) is 4.27. The summed E-state index contributed by atoms with van der Waals surface area (Å²) in [5.41, 5.74) is 0. The molecule has 1 aliphatic heterocycles. The van der Waals surface area contributed by atoms with Crippen LogP contribution >= 0.6 is 0 Å². The summed E-state index contributed by atoms with van der Waals surface area (Å²) >= 11 is 0. The number of nitrogens with zero attached hydrogens (tertiary/aromatic N) is 3. The van der Waals surface area contributed by atoms with E-state index >= 15 is 0 Å². The fourth-order valence-electron chi connectivity index (χ4n) is 2.87. The Kier molecular flexibility index (Phi) is 7.11. The highest BCUT2D eigenvalue weighted by Crippen LogP contribution is 2.24. The number of nitrogens with one attached hydrogen (secondary N) is 2. The summed E-state index contributed by atoms with van der Waals surface area (Å²) in [4.78, 5) is 19.9. The summed E-state index contributed by atoms with van der Waals surface area (Å²) in [6, 6.07) is 4.15. The van der Waals surface area contributed by atoms with Crippen molar-refractivity contribution in [1.82, 2.24) is 20.4 Å². The largest absolute Gasteiger partial charge is 0.468 e. The lowest BCUT2D eigenvalue weighted by molar-refractivity contribution is -0.128. The molecule has 134 valence electrons. The maximum absolute atomic E-state index is 11.6. The van der Waals surface area contributed by atoms with Crippen LogP contribution in [0.25, 0.3) is 0 Å². The summed E-state index contributed by atoms with van der Waals surface area (Å²) in [5, 5.41) is 6.54. The molecule has 0 saturated carbocycles. The fourth-order valence-corrected chi connectivity index (χ4v) is 2.87. The van der Waals surface area contributed by atoms with E-state index in [-0.39, 0.29) is 11.9 Å². The molecule has 1 unspecified atom stereocenters. The van der Waals surface area contributed by atoms with Crippen molar-refractivity contribution in [2.24, 2.45) is 4.99 Å². The number of likely N-dealkylation sites (tertiary alicyclic amines) is 1. The van der Waals surface area contributed by atoms with Gasteiger partial charge in [0.15, 0.2) is 5.96 Å². The summed E-state index contributed by atoms with van der Waals surface area (Å²) in [6.07, 6.45) is 4.63. The lowest BCUT2D eigenvalue weighted by Gasteiger charge is -2.26. The highest BCUT2D eigenvalue weighted by atomic mass is 16.3.